The summed E-state index contributed by atoms with van der Waals surface area (Å²) in [5.74, 6) is 1.18. The molecule has 1 aromatic heterocycles. The van der Waals surface area contributed by atoms with Gasteiger partial charge in [-0.1, -0.05) is 32.0 Å². The van der Waals surface area contributed by atoms with Crippen molar-refractivity contribution in [1.82, 2.24) is 9.97 Å². The molecule has 0 bridgehead atoms. The van der Waals surface area contributed by atoms with E-state index in [-0.39, 0.29) is 5.97 Å². The molecule has 3 aromatic rings. The Kier molecular flexibility index (Phi) is 5.41. The van der Waals surface area contributed by atoms with E-state index >= 15 is 0 Å². The summed E-state index contributed by atoms with van der Waals surface area (Å²) in [5.41, 5.74) is 3.46. The van der Waals surface area contributed by atoms with Crippen LogP contribution in [-0.4, -0.2) is 36.2 Å². The zero-order valence-corrected chi connectivity index (χ0v) is 15.3. The molecule has 136 valence electrons. The van der Waals surface area contributed by atoms with Gasteiger partial charge in [-0.15, -0.1) is 0 Å². The maximum atomic E-state index is 11.7. The number of para-hydroxylation sites is 2. The van der Waals surface area contributed by atoms with Gasteiger partial charge in [0.05, 0.1) is 30.3 Å². The molecular formula is C20H23N3O3. The molecule has 4 rings (SSSR count). The maximum Gasteiger partial charge on any atom is 0.337 e. The van der Waals surface area contributed by atoms with E-state index in [0.29, 0.717) is 25.3 Å². The van der Waals surface area contributed by atoms with Crippen molar-refractivity contribution in [3.63, 3.8) is 0 Å². The third-order valence-electron chi connectivity index (χ3n) is 4.14. The quantitative estimate of drug-likeness (QED) is 0.710. The van der Waals surface area contributed by atoms with Gasteiger partial charge in [0.15, 0.2) is 0 Å². The first-order valence-corrected chi connectivity index (χ1v) is 8.78. The van der Waals surface area contributed by atoms with Crippen LogP contribution in [-0.2, 0) is 11.3 Å². The molecule has 0 atom stereocenters. The topological polar surface area (TPSA) is 67.5 Å². The third kappa shape index (κ3) is 3.49. The number of benzene rings is 2. The molecule has 26 heavy (non-hydrogen) atoms. The van der Waals surface area contributed by atoms with Crippen LogP contribution in [0.15, 0.2) is 42.5 Å². The molecule has 0 fully saturated rings. The standard InChI is InChI=1S/C18H17N3O3.C2H6/c1-23-17(22)12-6-7-13-11-21(8-9-24-16(13)10-12)18-19-14-4-2-3-5-15(14)20-18;1-2/h2-7,10H,8-9,11H2,1H3,(H,19,20);1-2H3. The first-order valence-electron chi connectivity index (χ1n) is 8.78. The lowest BCUT2D eigenvalue weighted by Crippen LogP contribution is -2.26. The molecule has 0 saturated heterocycles. The molecular weight excluding hydrogens is 330 g/mol. The molecule has 0 spiro atoms. The van der Waals surface area contributed by atoms with E-state index < -0.39 is 0 Å². The van der Waals surface area contributed by atoms with Gasteiger partial charge in [0.1, 0.15) is 12.4 Å². The van der Waals surface area contributed by atoms with Crippen molar-refractivity contribution < 1.29 is 14.3 Å². The maximum absolute atomic E-state index is 11.7. The highest BCUT2D eigenvalue weighted by atomic mass is 16.5. The van der Waals surface area contributed by atoms with Crippen LogP contribution in [0, 0.1) is 0 Å². The highest BCUT2D eigenvalue weighted by molar-refractivity contribution is 5.90. The zero-order chi connectivity index (χ0) is 18.5. The number of aromatic nitrogens is 2. The number of hydrogen-bond acceptors (Lipinski definition) is 5. The number of ether oxygens (including phenoxy) is 2. The predicted octanol–water partition coefficient (Wildman–Crippen LogP) is 3.77. The van der Waals surface area contributed by atoms with Crippen molar-refractivity contribution in [3.05, 3.63) is 53.6 Å². The monoisotopic (exact) mass is 353 g/mol. The number of fused-ring (bicyclic) bond motifs is 2. The molecule has 6 heteroatoms. The summed E-state index contributed by atoms with van der Waals surface area (Å²) >= 11 is 0. The van der Waals surface area contributed by atoms with Crippen molar-refractivity contribution in [3.8, 4) is 5.75 Å². The van der Waals surface area contributed by atoms with Crippen LogP contribution in [0.4, 0.5) is 5.95 Å². The van der Waals surface area contributed by atoms with Crippen LogP contribution in [0.2, 0.25) is 0 Å². The Hall–Kier alpha value is -3.02. The summed E-state index contributed by atoms with van der Waals surface area (Å²) in [6, 6.07) is 13.4. The summed E-state index contributed by atoms with van der Waals surface area (Å²) in [6.45, 7) is 5.90. The Bertz CT molecular complexity index is 871. The number of H-pyrrole nitrogens is 1. The Balaban J connectivity index is 0.000000948. The number of carbonyl (C=O) groups is 1. The van der Waals surface area contributed by atoms with Gasteiger partial charge in [-0.2, -0.15) is 0 Å². The van der Waals surface area contributed by atoms with Crippen molar-refractivity contribution in [2.24, 2.45) is 0 Å². The molecule has 0 unspecified atom stereocenters. The van der Waals surface area contributed by atoms with Gasteiger partial charge in [-0.25, -0.2) is 9.78 Å². The van der Waals surface area contributed by atoms with E-state index in [1.54, 1.807) is 12.1 Å². The summed E-state index contributed by atoms with van der Waals surface area (Å²) in [5, 5.41) is 0. The van der Waals surface area contributed by atoms with Crippen LogP contribution in [0.3, 0.4) is 0 Å². The Morgan fingerprint density at radius 2 is 2.04 bits per heavy atom. The number of hydrogen-bond donors (Lipinski definition) is 1. The van der Waals surface area contributed by atoms with Crippen molar-refractivity contribution in [2.75, 3.05) is 25.2 Å². The number of aromatic amines is 1. The lowest BCUT2D eigenvalue weighted by atomic mass is 10.1. The fourth-order valence-corrected chi connectivity index (χ4v) is 2.88. The van der Waals surface area contributed by atoms with Gasteiger partial charge in [-0.05, 0) is 24.3 Å². The fraction of sp³-hybridized carbons (Fsp3) is 0.300. The van der Waals surface area contributed by atoms with Crippen LogP contribution < -0.4 is 9.64 Å². The number of methoxy groups -OCH3 is 1. The second-order valence-corrected chi connectivity index (χ2v) is 5.66. The summed E-state index contributed by atoms with van der Waals surface area (Å²) < 4.78 is 10.6. The van der Waals surface area contributed by atoms with Crippen molar-refractivity contribution >= 4 is 23.0 Å². The minimum absolute atomic E-state index is 0.361. The SMILES string of the molecule is CC.COC(=O)c1ccc2c(c1)OCCN(c1nc3ccccc3[nH]1)C2. The highest BCUT2D eigenvalue weighted by Gasteiger charge is 2.19. The van der Waals surface area contributed by atoms with E-state index in [1.165, 1.54) is 7.11 Å². The van der Waals surface area contributed by atoms with Gasteiger partial charge in [0, 0.05) is 12.1 Å². The van der Waals surface area contributed by atoms with Crippen LogP contribution in [0.5, 0.6) is 5.75 Å². The number of carbonyl (C=O) groups excluding carboxylic acids is 1. The van der Waals surface area contributed by atoms with E-state index in [2.05, 4.69) is 14.9 Å². The largest absolute Gasteiger partial charge is 0.491 e. The summed E-state index contributed by atoms with van der Waals surface area (Å²) in [7, 11) is 1.37. The van der Waals surface area contributed by atoms with E-state index in [9.17, 15) is 4.79 Å². The van der Waals surface area contributed by atoms with Crippen LogP contribution >= 0.6 is 0 Å². The van der Waals surface area contributed by atoms with E-state index in [0.717, 1.165) is 28.3 Å². The van der Waals surface area contributed by atoms with Gasteiger partial charge in [0.2, 0.25) is 5.95 Å². The Labute approximate surface area is 152 Å². The molecule has 6 nitrogen and oxygen atoms in total. The van der Waals surface area contributed by atoms with Crippen LogP contribution in [0.1, 0.15) is 29.8 Å². The molecule has 2 aromatic carbocycles. The fourth-order valence-electron chi connectivity index (χ4n) is 2.88. The average molecular weight is 353 g/mol. The minimum atomic E-state index is -0.361. The number of nitrogens with zero attached hydrogens (tertiary/aromatic N) is 2. The number of rotatable bonds is 2. The van der Waals surface area contributed by atoms with E-state index in [4.69, 9.17) is 9.47 Å². The van der Waals surface area contributed by atoms with Crippen molar-refractivity contribution in [2.45, 2.75) is 20.4 Å². The Morgan fingerprint density at radius 3 is 2.81 bits per heavy atom. The smallest absolute Gasteiger partial charge is 0.337 e. The number of nitrogens with one attached hydrogen (secondary N) is 1. The third-order valence-corrected chi connectivity index (χ3v) is 4.14. The second kappa shape index (κ2) is 7.91. The molecule has 0 aliphatic carbocycles. The first kappa shape index (κ1) is 17.8. The molecule has 1 N–H and O–H groups in total. The van der Waals surface area contributed by atoms with Crippen molar-refractivity contribution in [1.29, 1.82) is 0 Å². The van der Waals surface area contributed by atoms with Gasteiger partial charge in [-0.3, -0.25) is 0 Å². The van der Waals surface area contributed by atoms with Gasteiger partial charge in [0.25, 0.3) is 0 Å². The number of esters is 1. The Morgan fingerprint density at radius 1 is 1.23 bits per heavy atom. The minimum Gasteiger partial charge on any atom is -0.491 e. The lowest BCUT2D eigenvalue weighted by molar-refractivity contribution is 0.0600. The highest BCUT2D eigenvalue weighted by Crippen LogP contribution is 2.27. The first-order chi connectivity index (χ1) is 12.7. The molecule has 2 heterocycles. The van der Waals surface area contributed by atoms with Crippen LogP contribution in [0.25, 0.3) is 11.0 Å². The molecule has 0 radical (unpaired) electrons. The molecule has 0 amide bonds. The summed E-state index contributed by atoms with van der Waals surface area (Å²) in [4.78, 5) is 21.8. The second-order valence-electron chi connectivity index (χ2n) is 5.66. The number of anilines is 1. The van der Waals surface area contributed by atoms with Gasteiger partial charge >= 0.3 is 5.97 Å². The molecule has 1 aliphatic heterocycles. The predicted molar refractivity (Wildman–Crippen MR) is 102 cm³/mol. The number of imidazole rings is 1. The van der Waals surface area contributed by atoms with Gasteiger partial charge < -0.3 is 19.4 Å². The molecule has 1 aliphatic rings. The average Bonchev–Trinajstić information content (AvgIpc) is 3.01. The summed E-state index contributed by atoms with van der Waals surface area (Å²) in [6.07, 6.45) is 0. The lowest BCUT2D eigenvalue weighted by Gasteiger charge is -2.18. The zero-order valence-electron chi connectivity index (χ0n) is 15.3. The molecule has 0 saturated carbocycles. The normalized spacial score (nSPS) is 13.1. The van der Waals surface area contributed by atoms with E-state index in [1.807, 2.05) is 44.2 Å².